The smallest absolute Gasteiger partial charge is 0.225 e. The molecule has 7 heteroatoms. The Hall–Kier alpha value is -1.53. The van der Waals surface area contributed by atoms with Gasteiger partial charge in [-0.3, -0.25) is 0 Å². The van der Waals surface area contributed by atoms with E-state index in [0.717, 1.165) is 13.0 Å². The topological polar surface area (TPSA) is 47.0 Å². The average Bonchev–Trinajstić information content (AvgIpc) is 2.48. The number of nitrogens with zero attached hydrogens (tertiary/aromatic N) is 2. The van der Waals surface area contributed by atoms with Gasteiger partial charge in [0.25, 0.3) is 0 Å². The number of aromatic nitrogens is 2. The van der Waals surface area contributed by atoms with Crippen LogP contribution in [0.2, 0.25) is 5.02 Å². The Morgan fingerprint density at radius 3 is 2.81 bits per heavy atom. The summed E-state index contributed by atoms with van der Waals surface area (Å²) in [5.41, 5.74) is 0. The van der Waals surface area contributed by atoms with Gasteiger partial charge in [0.1, 0.15) is 17.4 Å². The van der Waals surface area contributed by atoms with Crippen LogP contribution in [0.15, 0.2) is 29.4 Å². The molecule has 4 nitrogen and oxygen atoms in total. The van der Waals surface area contributed by atoms with E-state index in [2.05, 4.69) is 22.2 Å². The van der Waals surface area contributed by atoms with Crippen LogP contribution in [0.1, 0.15) is 13.3 Å². The summed E-state index contributed by atoms with van der Waals surface area (Å²) in [6.07, 6.45) is 2.86. The van der Waals surface area contributed by atoms with E-state index in [1.165, 1.54) is 23.9 Å². The molecule has 2 rings (SSSR count). The van der Waals surface area contributed by atoms with Gasteiger partial charge in [-0.2, -0.15) is 4.98 Å². The van der Waals surface area contributed by atoms with Crippen molar-refractivity contribution in [2.75, 3.05) is 18.1 Å². The van der Waals surface area contributed by atoms with Gasteiger partial charge < -0.3 is 10.1 Å². The van der Waals surface area contributed by atoms with Crippen molar-refractivity contribution in [1.29, 1.82) is 0 Å². The van der Waals surface area contributed by atoms with Crippen molar-refractivity contribution in [3.63, 3.8) is 0 Å². The maximum absolute atomic E-state index is 13.4. The van der Waals surface area contributed by atoms with Crippen molar-refractivity contribution in [3.8, 4) is 11.6 Å². The minimum absolute atomic E-state index is 0.0557. The number of hydrogen-bond acceptors (Lipinski definition) is 5. The number of nitrogens with one attached hydrogen (secondary N) is 1. The molecule has 0 radical (unpaired) electrons. The molecular formula is C14H15ClFN3OS. The van der Waals surface area contributed by atoms with Crippen molar-refractivity contribution in [3.05, 3.63) is 35.1 Å². The maximum Gasteiger partial charge on any atom is 0.225 e. The van der Waals surface area contributed by atoms with E-state index < -0.39 is 5.82 Å². The summed E-state index contributed by atoms with van der Waals surface area (Å²) in [5.74, 6) is 0.844. The summed E-state index contributed by atoms with van der Waals surface area (Å²) in [4.78, 5) is 8.57. The predicted octanol–water partition coefficient (Wildman–Crippen LogP) is 4.61. The van der Waals surface area contributed by atoms with E-state index in [-0.39, 0.29) is 5.02 Å². The summed E-state index contributed by atoms with van der Waals surface area (Å²) in [6, 6.07) is 5.94. The SMILES string of the molecule is CCCNc1cc(Oc2ccc(Cl)c(F)c2)nc(SC)n1. The van der Waals surface area contributed by atoms with E-state index in [0.29, 0.717) is 22.6 Å². The van der Waals surface area contributed by atoms with E-state index >= 15 is 0 Å². The summed E-state index contributed by atoms with van der Waals surface area (Å²) in [6.45, 7) is 2.87. The molecule has 0 aliphatic rings. The van der Waals surface area contributed by atoms with Crippen molar-refractivity contribution < 1.29 is 9.13 Å². The summed E-state index contributed by atoms with van der Waals surface area (Å²) >= 11 is 7.05. The van der Waals surface area contributed by atoms with Crippen molar-refractivity contribution in [2.45, 2.75) is 18.5 Å². The lowest BCUT2D eigenvalue weighted by Crippen LogP contribution is -2.04. The number of hydrogen-bond donors (Lipinski definition) is 1. The third kappa shape index (κ3) is 4.47. The normalized spacial score (nSPS) is 10.5. The van der Waals surface area contributed by atoms with Crippen LogP contribution in [0.25, 0.3) is 0 Å². The third-order valence-corrected chi connectivity index (χ3v) is 3.39. The highest BCUT2D eigenvalue weighted by Gasteiger charge is 2.08. The quantitative estimate of drug-likeness (QED) is 0.620. The lowest BCUT2D eigenvalue weighted by atomic mass is 10.3. The molecule has 1 N–H and O–H groups in total. The third-order valence-electron chi connectivity index (χ3n) is 2.53. The van der Waals surface area contributed by atoms with Crippen molar-refractivity contribution >= 4 is 29.2 Å². The summed E-state index contributed by atoms with van der Waals surface area (Å²) in [5, 5.41) is 3.82. The first-order valence-electron chi connectivity index (χ1n) is 6.42. The highest BCUT2D eigenvalue weighted by Crippen LogP contribution is 2.26. The van der Waals surface area contributed by atoms with Gasteiger partial charge in [-0.05, 0) is 24.8 Å². The lowest BCUT2D eigenvalue weighted by molar-refractivity contribution is 0.451. The van der Waals surface area contributed by atoms with Crippen molar-refractivity contribution in [1.82, 2.24) is 9.97 Å². The molecule has 112 valence electrons. The summed E-state index contributed by atoms with van der Waals surface area (Å²) in [7, 11) is 0. The zero-order valence-corrected chi connectivity index (χ0v) is 13.3. The minimum Gasteiger partial charge on any atom is -0.439 e. The lowest BCUT2D eigenvalue weighted by Gasteiger charge is -2.09. The van der Waals surface area contributed by atoms with Gasteiger partial charge in [0.15, 0.2) is 5.16 Å². The Kier molecular flexibility index (Phi) is 5.64. The van der Waals surface area contributed by atoms with Crippen molar-refractivity contribution in [2.24, 2.45) is 0 Å². The molecule has 1 aromatic heterocycles. The number of ether oxygens (including phenoxy) is 1. The first-order valence-corrected chi connectivity index (χ1v) is 8.02. The number of rotatable bonds is 6. The van der Waals surface area contributed by atoms with Crippen LogP contribution < -0.4 is 10.1 Å². The van der Waals surface area contributed by atoms with Crippen LogP contribution in [0.4, 0.5) is 10.2 Å². The zero-order chi connectivity index (χ0) is 15.2. The number of thioether (sulfide) groups is 1. The largest absolute Gasteiger partial charge is 0.439 e. The molecule has 0 aliphatic heterocycles. The minimum atomic E-state index is -0.530. The fourth-order valence-electron chi connectivity index (χ4n) is 1.55. The Bertz CT molecular complexity index is 627. The molecule has 0 saturated heterocycles. The monoisotopic (exact) mass is 327 g/mol. The average molecular weight is 328 g/mol. The van der Waals surface area contributed by atoms with E-state index in [9.17, 15) is 4.39 Å². The molecular weight excluding hydrogens is 313 g/mol. The molecule has 0 bridgehead atoms. The van der Waals surface area contributed by atoms with Gasteiger partial charge in [-0.25, -0.2) is 9.37 Å². The molecule has 2 aromatic rings. The molecule has 1 heterocycles. The molecule has 0 saturated carbocycles. The van der Waals surface area contributed by atoms with Gasteiger partial charge in [-0.1, -0.05) is 30.3 Å². The highest BCUT2D eigenvalue weighted by atomic mass is 35.5. The fraction of sp³-hybridized carbons (Fsp3) is 0.286. The highest BCUT2D eigenvalue weighted by molar-refractivity contribution is 7.98. The molecule has 0 amide bonds. The number of benzene rings is 1. The fourth-order valence-corrected chi connectivity index (χ4v) is 2.04. The second kappa shape index (κ2) is 7.47. The molecule has 1 aromatic carbocycles. The van der Waals surface area contributed by atoms with E-state index in [1.807, 2.05) is 6.26 Å². The van der Waals surface area contributed by atoms with Crippen LogP contribution in [0, 0.1) is 5.82 Å². The van der Waals surface area contributed by atoms with Gasteiger partial charge in [0.2, 0.25) is 5.88 Å². The standard InChI is InChI=1S/C14H15ClFN3OS/c1-3-6-17-12-8-13(19-14(18-12)21-2)20-9-4-5-10(15)11(16)7-9/h4-5,7-8H,3,6H2,1-2H3,(H,17,18,19). The maximum atomic E-state index is 13.4. The predicted molar refractivity (Wildman–Crippen MR) is 84.1 cm³/mol. The van der Waals surface area contributed by atoms with Crippen LogP contribution in [0.3, 0.4) is 0 Å². The number of halogens is 2. The Morgan fingerprint density at radius 1 is 1.33 bits per heavy atom. The van der Waals surface area contributed by atoms with Gasteiger partial charge in [0, 0.05) is 18.7 Å². The van der Waals surface area contributed by atoms with Crippen LogP contribution >= 0.6 is 23.4 Å². The Morgan fingerprint density at radius 2 is 2.14 bits per heavy atom. The molecule has 0 spiro atoms. The molecule has 0 unspecified atom stereocenters. The van der Waals surface area contributed by atoms with Crippen LogP contribution in [-0.2, 0) is 0 Å². The first-order chi connectivity index (χ1) is 10.1. The van der Waals surface area contributed by atoms with Gasteiger partial charge in [-0.15, -0.1) is 0 Å². The Labute approximate surface area is 132 Å². The summed E-state index contributed by atoms with van der Waals surface area (Å²) < 4.78 is 19.0. The van der Waals surface area contributed by atoms with Gasteiger partial charge >= 0.3 is 0 Å². The molecule has 0 fully saturated rings. The molecule has 0 atom stereocenters. The second-order valence-electron chi connectivity index (χ2n) is 4.18. The Balaban J connectivity index is 2.23. The second-order valence-corrected chi connectivity index (χ2v) is 5.36. The van der Waals surface area contributed by atoms with E-state index in [1.54, 1.807) is 12.1 Å². The molecule has 21 heavy (non-hydrogen) atoms. The number of anilines is 1. The van der Waals surface area contributed by atoms with Gasteiger partial charge in [0.05, 0.1) is 5.02 Å². The van der Waals surface area contributed by atoms with Crippen LogP contribution in [0.5, 0.6) is 11.6 Å². The first kappa shape index (κ1) is 15.9. The zero-order valence-electron chi connectivity index (χ0n) is 11.7. The van der Waals surface area contributed by atoms with E-state index in [4.69, 9.17) is 16.3 Å². The molecule has 0 aliphatic carbocycles. The van der Waals surface area contributed by atoms with Crippen LogP contribution in [-0.4, -0.2) is 22.8 Å².